The van der Waals surface area contributed by atoms with Crippen LogP contribution in [0.3, 0.4) is 0 Å². The van der Waals surface area contributed by atoms with Crippen molar-refractivity contribution in [3.8, 4) is 28.4 Å². The van der Waals surface area contributed by atoms with E-state index in [1.165, 1.54) is 12.1 Å². The monoisotopic (exact) mass is 244 g/mol. The molecule has 0 bridgehead atoms. The summed E-state index contributed by atoms with van der Waals surface area (Å²) in [5, 5.41) is 29.1. The van der Waals surface area contributed by atoms with Crippen LogP contribution in [0.15, 0.2) is 24.3 Å². The molecule has 3 nitrogen and oxygen atoms in total. The Morgan fingerprint density at radius 3 is 1.89 bits per heavy atom. The Labute approximate surface area is 106 Å². The Hall–Kier alpha value is -2.16. The summed E-state index contributed by atoms with van der Waals surface area (Å²) in [5.74, 6) is -0.406. The molecule has 0 saturated carbocycles. The highest BCUT2D eigenvalue weighted by molar-refractivity contribution is 5.80. The van der Waals surface area contributed by atoms with Gasteiger partial charge in [0, 0.05) is 12.1 Å². The van der Waals surface area contributed by atoms with E-state index in [9.17, 15) is 15.3 Å². The summed E-state index contributed by atoms with van der Waals surface area (Å²) in [4.78, 5) is 0. The lowest BCUT2D eigenvalue weighted by Crippen LogP contribution is -1.90. The van der Waals surface area contributed by atoms with Gasteiger partial charge in [0.25, 0.3) is 0 Å². The SMILES string of the molecule is Cc1cc(C)c(C)c(-c2c(O)cc(O)cc2O)c1. The van der Waals surface area contributed by atoms with Crippen LogP contribution in [0, 0.1) is 20.8 Å². The predicted octanol–water partition coefficient (Wildman–Crippen LogP) is 3.40. The van der Waals surface area contributed by atoms with Gasteiger partial charge in [-0.05, 0) is 37.5 Å². The molecule has 0 aliphatic carbocycles. The fourth-order valence-corrected chi connectivity index (χ4v) is 2.17. The van der Waals surface area contributed by atoms with Crippen molar-refractivity contribution in [3.63, 3.8) is 0 Å². The van der Waals surface area contributed by atoms with E-state index in [0.29, 0.717) is 5.56 Å². The Morgan fingerprint density at radius 2 is 1.33 bits per heavy atom. The molecule has 0 aliphatic heterocycles. The molecule has 0 radical (unpaired) electrons. The molecular weight excluding hydrogens is 228 g/mol. The largest absolute Gasteiger partial charge is 0.508 e. The van der Waals surface area contributed by atoms with E-state index in [1.54, 1.807) is 0 Å². The van der Waals surface area contributed by atoms with E-state index in [4.69, 9.17) is 0 Å². The average molecular weight is 244 g/mol. The van der Waals surface area contributed by atoms with Gasteiger partial charge in [-0.2, -0.15) is 0 Å². The highest BCUT2D eigenvalue weighted by Gasteiger charge is 2.15. The second kappa shape index (κ2) is 4.26. The molecule has 0 saturated heterocycles. The summed E-state index contributed by atoms with van der Waals surface area (Å²) < 4.78 is 0. The maximum atomic E-state index is 9.91. The number of phenols is 3. The number of rotatable bonds is 1. The molecule has 2 aromatic rings. The maximum Gasteiger partial charge on any atom is 0.130 e. The minimum atomic E-state index is -0.157. The topological polar surface area (TPSA) is 60.7 Å². The number of hydrogen-bond acceptors (Lipinski definition) is 3. The van der Waals surface area contributed by atoms with E-state index in [2.05, 4.69) is 0 Å². The first-order valence-electron chi connectivity index (χ1n) is 5.73. The predicted molar refractivity (Wildman–Crippen MR) is 71.1 cm³/mol. The van der Waals surface area contributed by atoms with E-state index < -0.39 is 0 Å². The van der Waals surface area contributed by atoms with Gasteiger partial charge in [-0.15, -0.1) is 0 Å². The fourth-order valence-electron chi connectivity index (χ4n) is 2.17. The van der Waals surface area contributed by atoms with Crippen molar-refractivity contribution in [2.24, 2.45) is 0 Å². The quantitative estimate of drug-likeness (QED) is 0.720. The van der Waals surface area contributed by atoms with Crippen molar-refractivity contribution in [1.29, 1.82) is 0 Å². The zero-order chi connectivity index (χ0) is 13.4. The smallest absolute Gasteiger partial charge is 0.130 e. The molecule has 18 heavy (non-hydrogen) atoms. The zero-order valence-corrected chi connectivity index (χ0v) is 10.7. The third-order valence-electron chi connectivity index (χ3n) is 3.16. The van der Waals surface area contributed by atoms with Crippen molar-refractivity contribution in [1.82, 2.24) is 0 Å². The second-order valence-electron chi connectivity index (χ2n) is 4.61. The van der Waals surface area contributed by atoms with Gasteiger partial charge in [-0.3, -0.25) is 0 Å². The van der Waals surface area contributed by atoms with Crippen LogP contribution in [-0.2, 0) is 0 Å². The van der Waals surface area contributed by atoms with Crippen LogP contribution in [0.25, 0.3) is 11.1 Å². The molecule has 0 atom stereocenters. The summed E-state index contributed by atoms with van der Waals surface area (Å²) in [6.07, 6.45) is 0. The molecule has 0 aromatic heterocycles. The van der Waals surface area contributed by atoms with Gasteiger partial charge < -0.3 is 15.3 Å². The third-order valence-corrected chi connectivity index (χ3v) is 3.16. The lowest BCUT2D eigenvalue weighted by molar-refractivity contribution is 0.430. The van der Waals surface area contributed by atoms with Gasteiger partial charge in [-0.1, -0.05) is 17.7 Å². The van der Waals surface area contributed by atoms with Crippen LogP contribution in [-0.4, -0.2) is 15.3 Å². The average Bonchev–Trinajstić information content (AvgIpc) is 2.23. The molecular formula is C15H16O3. The van der Waals surface area contributed by atoms with E-state index in [0.717, 1.165) is 22.3 Å². The number of hydrogen-bond donors (Lipinski definition) is 3. The molecule has 0 amide bonds. The minimum Gasteiger partial charge on any atom is -0.508 e. The van der Waals surface area contributed by atoms with Gasteiger partial charge in [-0.25, -0.2) is 0 Å². The Kier molecular flexibility index (Phi) is 2.91. The lowest BCUT2D eigenvalue weighted by atomic mass is 9.93. The number of aromatic hydroxyl groups is 3. The van der Waals surface area contributed by atoms with Crippen LogP contribution in [0.1, 0.15) is 16.7 Å². The van der Waals surface area contributed by atoms with Crippen molar-refractivity contribution in [2.75, 3.05) is 0 Å². The molecule has 3 N–H and O–H groups in total. The minimum absolute atomic E-state index is 0.124. The van der Waals surface area contributed by atoms with Gasteiger partial charge in [0.05, 0.1) is 5.56 Å². The highest BCUT2D eigenvalue weighted by Crippen LogP contribution is 2.42. The summed E-state index contributed by atoms with van der Waals surface area (Å²) in [6, 6.07) is 6.42. The van der Waals surface area contributed by atoms with Crippen molar-refractivity contribution >= 4 is 0 Å². The summed E-state index contributed by atoms with van der Waals surface area (Å²) in [6.45, 7) is 5.89. The van der Waals surface area contributed by atoms with Crippen LogP contribution >= 0.6 is 0 Å². The zero-order valence-electron chi connectivity index (χ0n) is 10.7. The van der Waals surface area contributed by atoms with Gasteiger partial charge in [0.1, 0.15) is 17.2 Å². The van der Waals surface area contributed by atoms with Gasteiger partial charge in [0.15, 0.2) is 0 Å². The Bertz CT molecular complexity index is 592. The molecule has 0 aliphatic rings. The lowest BCUT2D eigenvalue weighted by Gasteiger charge is -2.14. The van der Waals surface area contributed by atoms with Crippen LogP contribution < -0.4 is 0 Å². The van der Waals surface area contributed by atoms with E-state index >= 15 is 0 Å². The molecule has 0 heterocycles. The van der Waals surface area contributed by atoms with Gasteiger partial charge in [0.2, 0.25) is 0 Å². The maximum absolute atomic E-state index is 9.91. The third kappa shape index (κ3) is 1.99. The van der Waals surface area contributed by atoms with Crippen LogP contribution in [0.4, 0.5) is 0 Å². The van der Waals surface area contributed by atoms with Crippen LogP contribution in [0.2, 0.25) is 0 Å². The summed E-state index contributed by atoms with van der Waals surface area (Å²) in [7, 11) is 0. The Morgan fingerprint density at radius 1 is 0.778 bits per heavy atom. The van der Waals surface area contributed by atoms with Gasteiger partial charge >= 0.3 is 0 Å². The highest BCUT2D eigenvalue weighted by atomic mass is 16.3. The summed E-state index contributed by atoms with van der Waals surface area (Å²) >= 11 is 0. The molecule has 3 heteroatoms. The van der Waals surface area contributed by atoms with Crippen molar-refractivity contribution < 1.29 is 15.3 Å². The first kappa shape index (κ1) is 12.3. The first-order chi connectivity index (χ1) is 8.40. The molecule has 2 rings (SSSR count). The fraction of sp³-hybridized carbons (Fsp3) is 0.200. The molecule has 94 valence electrons. The normalized spacial score (nSPS) is 10.6. The van der Waals surface area contributed by atoms with Crippen molar-refractivity contribution in [3.05, 3.63) is 41.0 Å². The van der Waals surface area contributed by atoms with Crippen molar-refractivity contribution in [2.45, 2.75) is 20.8 Å². The Balaban J connectivity index is 2.77. The summed E-state index contributed by atoms with van der Waals surface area (Å²) in [5.41, 5.74) is 4.29. The standard InChI is InChI=1S/C15H16O3/c1-8-4-9(2)10(3)12(5-8)15-13(17)6-11(16)7-14(15)18/h4-7,16-18H,1-3H3. The first-order valence-corrected chi connectivity index (χ1v) is 5.73. The molecule has 0 unspecified atom stereocenters. The molecule has 0 spiro atoms. The molecule has 2 aromatic carbocycles. The number of aryl methyl sites for hydroxylation is 2. The van der Waals surface area contributed by atoms with E-state index in [-0.39, 0.29) is 17.2 Å². The van der Waals surface area contributed by atoms with E-state index in [1.807, 2.05) is 32.9 Å². The number of phenolic OH excluding ortho intramolecular Hbond substituents is 3. The second-order valence-corrected chi connectivity index (χ2v) is 4.61. The molecule has 0 fully saturated rings. The number of benzene rings is 2. The van der Waals surface area contributed by atoms with Crippen LogP contribution in [0.5, 0.6) is 17.2 Å².